The van der Waals surface area contributed by atoms with E-state index in [0.29, 0.717) is 0 Å². The molecule has 0 saturated heterocycles. The van der Waals surface area contributed by atoms with Gasteiger partial charge in [0.15, 0.2) is 0 Å². The van der Waals surface area contributed by atoms with E-state index in [2.05, 4.69) is 0 Å². The molecule has 0 aromatic carbocycles. The van der Waals surface area contributed by atoms with Gasteiger partial charge in [0.05, 0.1) is 0 Å². The zero-order valence-electron chi connectivity index (χ0n) is 2.23. The second-order valence-corrected chi connectivity index (χ2v) is 0. The smallest absolute Gasteiger partial charge is 0 e. The largest absolute Gasteiger partial charge is 0.412 e. The van der Waals surface area contributed by atoms with Crippen molar-refractivity contribution < 1.29 is 25.0 Å². The third kappa shape index (κ3) is 8.84. The van der Waals surface area contributed by atoms with E-state index in [1.807, 2.05) is 0 Å². The summed E-state index contributed by atoms with van der Waals surface area (Å²) in [5.74, 6) is 0. The molecule has 0 atom stereocenters. The van der Waals surface area contributed by atoms with Crippen molar-refractivity contribution in [1.82, 2.24) is 0 Å². The normalized spacial score (nSPS) is 0. The van der Waals surface area contributed by atoms with Crippen LogP contribution in [0.15, 0.2) is 0 Å². The van der Waals surface area contributed by atoms with Crippen LogP contribution in [0.2, 0.25) is 0 Å². The van der Waals surface area contributed by atoms with Gasteiger partial charge in [-0.2, -0.15) is 0 Å². The molecule has 0 aromatic rings. The van der Waals surface area contributed by atoms with Gasteiger partial charge in [0.25, 0.3) is 0 Å². The molecule has 0 saturated carbocycles. The van der Waals surface area contributed by atoms with Crippen molar-refractivity contribution in [2.45, 2.75) is 0 Å². The average Bonchev–Trinajstić information content (AvgIpc) is 0. The molecule has 2 N–H and O–H groups in total. The van der Waals surface area contributed by atoms with Crippen LogP contribution < -0.4 is 0 Å². The minimum atomic E-state index is 0. The van der Waals surface area contributed by atoms with Crippen LogP contribution in [0.4, 0.5) is 0 Å². The monoisotopic (exact) mass is 406 g/mol. The topological polar surface area (TPSA) is 31.5 Å². The standard InChI is InChI=1S/Bi.In.H2O.Zn/h;;1H2;. The Morgan fingerprint density at radius 3 is 1.00 bits per heavy atom. The first-order valence-electron chi connectivity index (χ1n) is 0. The Morgan fingerprint density at radius 2 is 1.00 bits per heavy atom. The molecule has 0 bridgehead atoms. The SMILES string of the molecule is O.[Bi].[In].[Zn]. The van der Waals surface area contributed by atoms with Gasteiger partial charge in [-0.3, -0.25) is 0 Å². The fourth-order valence-corrected chi connectivity index (χ4v) is 0. The van der Waals surface area contributed by atoms with Gasteiger partial charge in [-0.15, -0.1) is 0 Å². The van der Waals surface area contributed by atoms with E-state index in [-0.39, 0.29) is 77.0 Å². The Kier molecular flexibility index (Phi) is 152. The van der Waals surface area contributed by atoms with Crippen LogP contribution in [0, 0.1) is 0 Å². The Bertz CT molecular complexity index is 8.00. The Hall–Kier alpha value is 2.34. The summed E-state index contributed by atoms with van der Waals surface area (Å²) in [5, 5.41) is 0. The molecule has 4 heavy (non-hydrogen) atoms. The molecule has 4 heteroatoms. The van der Waals surface area contributed by atoms with Gasteiger partial charge in [0, 0.05) is 71.5 Å². The van der Waals surface area contributed by atoms with E-state index in [1.54, 1.807) is 0 Å². The predicted octanol–water partition coefficient (Wildman–Crippen LogP) is -1.59. The first kappa shape index (κ1) is 33.1. The van der Waals surface area contributed by atoms with Crippen molar-refractivity contribution in [3.63, 3.8) is 0 Å². The second kappa shape index (κ2) is 18.4. The van der Waals surface area contributed by atoms with Crippen molar-refractivity contribution in [2.75, 3.05) is 0 Å². The Balaban J connectivity index is 0. The summed E-state index contributed by atoms with van der Waals surface area (Å²) in [6.45, 7) is 0. The van der Waals surface area contributed by atoms with Gasteiger partial charge >= 0.3 is 0 Å². The van der Waals surface area contributed by atoms with Crippen LogP contribution in [-0.4, -0.2) is 57.5 Å². The second-order valence-electron chi connectivity index (χ2n) is 0. The summed E-state index contributed by atoms with van der Waals surface area (Å²) in [6, 6.07) is 0. The molecule has 0 aliphatic heterocycles. The van der Waals surface area contributed by atoms with Gasteiger partial charge in [0.1, 0.15) is 0 Å². The van der Waals surface area contributed by atoms with Gasteiger partial charge in [-0.1, -0.05) is 0 Å². The fraction of sp³-hybridized carbons (Fsp3) is 0. The third-order valence-corrected chi connectivity index (χ3v) is 0. The molecule has 0 unspecified atom stereocenters. The molecule has 0 heterocycles. The first-order valence-corrected chi connectivity index (χ1v) is 0. The van der Waals surface area contributed by atoms with E-state index >= 15 is 0 Å². The minimum Gasteiger partial charge on any atom is -0.412 e. The number of hydrogen-bond acceptors (Lipinski definition) is 0. The maximum atomic E-state index is 0. The van der Waals surface area contributed by atoms with E-state index in [9.17, 15) is 0 Å². The quantitative estimate of drug-likeness (QED) is 0.434. The number of rotatable bonds is 0. The summed E-state index contributed by atoms with van der Waals surface area (Å²) in [4.78, 5) is 0. The van der Waals surface area contributed by atoms with Crippen molar-refractivity contribution in [3.05, 3.63) is 0 Å². The number of hydrogen-bond donors (Lipinski definition) is 0. The summed E-state index contributed by atoms with van der Waals surface area (Å²) in [7, 11) is 0. The van der Waals surface area contributed by atoms with E-state index in [0.717, 1.165) is 0 Å². The van der Waals surface area contributed by atoms with Crippen molar-refractivity contribution >= 4 is 52.0 Å². The maximum Gasteiger partial charge on any atom is 0 e. The van der Waals surface area contributed by atoms with Crippen LogP contribution in [0.5, 0.6) is 0 Å². The first-order chi connectivity index (χ1) is 0. The van der Waals surface area contributed by atoms with Crippen molar-refractivity contribution in [3.8, 4) is 0 Å². The van der Waals surface area contributed by atoms with Crippen LogP contribution in [0.1, 0.15) is 0 Å². The summed E-state index contributed by atoms with van der Waals surface area (Å²) in [5.41, 5.74) is 0. The zero-order chi connectivity index (χ0) is 0. The Labute approximate surface area is 75.9 Å². The van der Waals surface area contributed by atoms with Gasteiger partial charge in [0.2, 0.25) is 0 Å². The van der Waals surface area contributed by atoms with Crippen LogP contribution in [0.3, 0.4) is 0 Å². The molecular weight excluding hydrogens is 405 g/mol. The van der Waals surface area contributed by atoms with Crippen LogP contribution >= 0.6 is 0 Å². The molecule has 18 valence electrons. The predicted molar refractivity (Wildman–Crippen MR) is 15.1 cm³/mol. The third-order valence-electron chi connectivity index (χ3n) is 0. The molecule has 0 amide bonds. The van der Waals surface area contributed by atoms with Crippen molar-refractivity contribution in [2.24, 2.45) is 0 Å². The van der Waals surface area contributed by atoms with E-state index in [4.69, 9.17) is 0 Å². The molecular formula is H2BiInOZn. The molecule has 0 aliphatic carbocycles. The van der Waals surface area contributed by atoms with Gasteiger partial charge in [-0.25, -0.2) is 0 Å². The molecule has 1 nitrogen and oxygen atoms in total. The Morgan fingerprint density at radius 1 is 1.00 bits per heavy atom. The minimum absolute atomic E-state index is 0. The molecule has 0 spiro atoms. The maximum absolute atomic E-state index is 0. The van der Waals surface area contributed by atoms with Crippen molar-refractivity contribution in [1.29, 1.82) is 0 Å². The van der Waals surface area contributed by atoms with Crippen LogP contribution in [-0.2, 0) is 19.5 Å². The molecule has 0 rings (SSSR count). The zero-order valence-corrected chi connectivity index (χ0v) is 12.0. The van der Waals surface area contributed by atoms with E-state index in [1.165, 1.54) is 0 Å². The molecule has 0 aromatic heterocycles. The summed E-state index contributed by atoms with van der Waals surface area (Å²) >= 11 is 0. The fourth-order valence-electron chi connectivity index (χ4n) is 0. The summed E-state index contributed by atoms with van der Waals surface area (Å²) < 4.78 is 0. The molecule has 0 aliphatic rings. The van der Waals surface area contributed by atoms with Gasteiger partial charge < -0.3 is 5.48 Å². The van der Waals surface area contributed by atoms with Crippen LogP contribution in [0.25, 0.3) is 0 Å². The summed E-state index contributed by atoms with van der Waals surface area (Å²) in [6.07, 6.45) is 0. The molecule has 6 radical (unpaired) electrons. The van der Waals surface area contributed by atoms with Gasteiger partial charge in [-0.05, 0) is 0 Å². The average molecular weight is 407 g/mol. The van der Waals surface area contributed by atoms with E-state index < -0.39 is 0 Å². The molecule has 0 fully saturated rings.